The fourth-order valence-electron chi connectivity index (χ4n) is 2.82. The van der Waals surface area contributed by atoms with Crippen LogP contribution in [0.1, 0.15) is 27.9 Å². The molecule has 0 amide bonds. The third-order valence-electron chi connectivity index (χ3n) is 4.19. The lowest BCUT2D eigenvalue weighted by molar-refractivity contribution is -0.384. The molecule has 1 aliphatic carbocycles. The minimum absolute atomic E-state index is 0.00290. The van der Waals surface area contributed by atoms with E-state index in [0.717, 1.165) is 24.2 Å². The molecule has 0 bridgehead atoms. The van der Waals surface area contributed by atoms with E-state index in [2.05, 4.69) is 0 Å². The Morgan fingerprint density at radius 1 is 1.08 bits per heavy atom. The van der Waals surface area contributed by atoms with Crippen LogP contribution >= 0.6 is 11.8 Å². The highest BCUT2D eigenvalue weighted by Gasteiger charge is 2.15. The molecule has 0 saturated carbocycles. The molecule has 7 heteroatoms. The molecular weight excluding hydrogens is 354 g/mol. The van der Waals surface area contributed by atoms with Crippen LogP contribution in [0.2, 0.25) is 0 Å². The van der Waals surface area contributed by atoms with Crippen molar-refractivity contribution in [3.63, 3.8) is 0 Å². The number of ketones is 1. The van der Waals surface area contributed by atoms with Crippen LogP contribution in [0.15, 0.2) is 47.4 Å². The number of benzene rings is 2. The van der Waals surface area contributed by atoms with E-state index in [1.165, 1.54) is 35.0 Å². The van der Waals surface area contributed by atoms with Crippen LogP contribution in [0.5, 0.6) is 0 Å². The Balaban J connectivity index is 1.46. The first-order chi connectivity index (χ1) is 12.5. The van der Waals surface area contributed by atoms with Gasteiger partial charge < -0.3 is 4.74 Å². The number of thioether (sulfide) groups is 1. The summed E-state index contributed by atoms with van der Waals surface area (Å²) in [6, 6.07) is 11.6. The van der Waals surface area contributed by atoms with Crippen LogP contribution in [-0.4, -0.2) is 29.0 Å². The summed E-state index contributed by atoms with van der Waals surface area (Å²) >= 11 is 1.20. The van der Waals surface area contributed by atoms with Gasteiger partial charge in [-0.3, -0.25) is 19.7 Å². The maximum absolute atomic E-state index is 12.2. The highest BCUT2D eigenvalue weighted by molar-refractivity contribution is 8.00. The normalized spacial score (nSPS) is 12.5. The number of carbonyl (C=O) groups is 2. The fraction of sp³-hybridized carbons (Fsp3) is 0.263. The summed E-state index contributed by atoms with van der Waals surface area (Å²) in [6.07, 6.45) is 3.16. The van der Waals surface area contributed by atoms with Crippen molar-refractivity contribution in [2.75, 3.05) is 12.4 Å². The van der Waals surface area contributed by atoms with E-state index >= 15 is 0 Å². The van der Waals surface area contributed by atoms with Crippen LogP contribution in [0.4, 0.5) is 5.69 Å². The molecule has 1 aliphatic rings. The molecule has 0 aliphatic heterocycles. The summed E-state index contributed by atoms with van der Waals surface area (Å²) in [6.45, 7) is -0.279. The number of esters is 1. The summed E-state index contributed by atoms with van der Waals surface area (Å²) in [4.78, 5) is 34.8. The van der Waals surface area contributed by atoms with Crippen LogP contribution in [0, 0.1) is 10.1 Å². The minimum atomic E-state index is -0.497. The van der Waals surface area contributed by atoms with Gasteiger partial charge in [0, 0.05) is 22.6 Å². The first kappa shape index (κ1) is 18.1. The average Bonchev–Trinajstić information content (AvgIpc) is 3.12. The molecule has 0 saturated heterocycles. The summed E-state index contributed by atoms with van der Waals surface area (Å²) in [5.41, 5.74) is 3.06. The largest absolute Gasteiger partial charge is 0.457 e. The number of fused-ring (bicyclic) bond motifs is 1. The summed E-state index contributed by atoms with van der Waals surface area (Å²) < 4.78 is 5.04. The lowest BCUT2D eigenvalue weighted by Crippen LogP contribution is -2.15. The van der Waals surface area contributed by atoms with Crippen molar-refractivity contribution in [3.05, 3.63) is 69.3 Å². The van der Waals surface area contributed by atoms with Gasteiger partial charge in [-0.1, -0.05) is 12.1 Å². The molecule has 0 radical (unpaired) electrons. The molecule has 2 aromatic rings. The second kappa shape index (κ2) is 8.14. The van der Waals surface area contributed by atoms with Crippen molar-refractivity contribution >= 4 is 29.2 Å². The van der Waals surface area contributed by atoms with Crippen molar-refractivity contribution in [2.45, 2.75) is 24.2 Å². The van der Waals surface area contributed by atoms with E-state index in [1.54, 1.807) is 18.2 Å². The van der Waals surface area contributed by atoms with E-state index in [9.17, 15) is 19.7 Å². The molecule has 0 spiro atoms. The molecular formula is C19H17NO5S. The van der Waals surface area contributed by atoms with Crippen molar-refractivity contribution in [1.29, 1.82) is 0 Å². The van der Waals surface area contributed by atoms with Gasteiger partial charge in [0.1, 0.15) is 0 Å². The number of nitro benzene ring substituents is 1. The van der Waals surface area contributed by atoms with Gasteiger partial charge >= 0.3 is 5.97 Å². The molecule has 0 atom stereocenters. The maximum atomic E-state index is 12.2. The van der Waals surface area contributed by atoms with E-state index in [-0.39, 0.29) is 23.8 Å². The number of nitrogens with zero attached hydrogens (tertiary/aromatic N) is 1. The fourth-order valence-corrected chi connectivity index (χ4v) is 3.52. The Bertz CT molecular complexity index is 848. The second-order valence-corrected chi connectivity index (χ2v) is 7.01. The number of non-ortho nitro benzene ring substituents is 1. The predicted molar refractivity (Wildman–Crippen MR) is 97.6 cm³/mol. The molecule has 0 heterocycles. The lowest BCUT2D eigenvalue weighted by atomic mass is 10.0. The van der Waals surface area contributed by atoms with Gasteiger partial charge in [0.25, 0.3) is 5.69 Å². The van der Waals surface area contributed by atoms with Gasteiger partial charge in [-0.15, -0.1) is 11.8 Å². The van der Waals surface area contributed by atoms with Crippen LogP contribution in [0.25, 0.3) is 0 Å². The smallest absolute Gasteiger partial charge is 0.316 e. The number of ether oxygens (including phenoxy) is 1. The minimum Gasteiger partial charge on any atom is -0.457 e. The average molecular weight is 371 g/mol. The summed E-state index contributed by atoms with van der Waals surface area (Å²) in [7, 11) is 0. The number of hydrogen-bond acceptors (Lipinski definition) is 6. The van der Waals surface area contributed by atoms with Gasteiger partial charge in [0.2, 0.25) is 0 Å². The van der Waals surface area contributed by atoms with Crippen LogP contribution in [0.3, 0.4) is 0 Å². The summed E-state index contributed by atoms with van der Waals surface area (Å²) in [5.74, 6) is -0.675. The Kier molecular flexibility index (Phi) is 5.68. The molecule has 0 fully saturated rings. The van der Waals surface area contributed by atoms with Gasteiger partial charge in [0.05, 0.1) is 10.7 Å². The maximum Gasteiger partial charge on any atom is 0.316 e. The quantitative estimate of drug-likeness (QED) is 0.243. The van der Waals surface area contributed by atoms with Gasteiger partial charge in [-0.2, -0.15) is 0 Å². The first-order valence-electron chi connectivity index (χ1n) is 8.21. The lowest BCUT2D eigenvalue weighted by Gasteiger charge is -2.06. The first-order valence-corrected chi connectivity index (χ1v) is 9.19. The Labute approximate surface area is 154 Å². The summed E-state index contributed by atoms with van der Waals surface area (Å²) in [5, 5.41) is 10.6. The standard InChI is InChI=1S/C19H17NO5S/c21-18(15-5-4-13-2-1-3-14(13)10-15)11-25-19(22)12-26-17-8-6-16(7-9-17)20(23)24/h4-10H,1-3,11-12H2. The number of carbonyl (C=O) groups excluding carboxylic acids is 2. The highest BCUT2D eigenvalue weighted by atomic mass is 32.2. The van der Waals surface area contributed by atoms with E-state index in [1.807, 2.05) is 12.1 Å². The van der Waals surface area contributed by atoms with Crippen molar-refractivity contribution in [3.8, 4) is 0 Å². The third kappa shape index (κ3) is 4.49. The van der Waals surface area contributed by atoms with Crippen molar-refractivity contribution in [2.24, 2.45) is 0 Å². The molecule has 134 valence electrons. The third-order valence-corrected chi connectivity index (χ3v) is 5.17. The van der Waals surface area contributed by atoms with Gasteiger partial charge in [-0.25, -0.2) is 0 Å². The zero-order valence-corrected chi connectivity index (χ0v) is 14.8. The zero-order valence-electron chi connectivity index (χ0n) is 14.0. The molecule has 0 N–H and O–H groups in total. The van der Waals surface area contributed by atoms with E-state index in [4.69, 9.17) is 4.74 Å². The second-order valence-electron chi connectivity index (χ2n) is 5.96. The number of aryl methyl sites for hydroxylation is 2. The van der Waals surface area contributed by atoms with E-state index in [0.29, 0.717) is 5.56 Å². The number of hydrogen-bond donors (Lipinski definition) is 0. The Hall–Kier alpha value is -2.67. The predicted octanol–water partition coefficient (Wildman–Crippen LogP) is 3.60. The SMILES string of the molecule is O=C(CSc1ccc([N+](=O)[O-])cc1)OCC(=O)c1ccc2c(c1)CCC2. The molecule has 0 aromatic heterocycles. The van der Waals surface area contributed by atoms with E-state index < -0.39 is 10.9 Å². The monoisotopic (exact) mass is 371 g/mol. The molecule has 3 rings (SSSR count). The van der Waals surface area contributed by atoms with Gasteiger partial charge in [0.15, 0.2) is 12.4 Å². The molecule has 26 heavy (non-hydrogen) atoms. The molecule has 2 aromatic carbocycles. The topological polar surface area (TPSA) is 86.5 Å². The Morgan fingerprint density at radius 2 is 1.81 bits per heavy atom. The number of Topliss-reactive ketones (excluding diaryl/α,β-unsaturated/α-hetero) is 1. The zero-order chi connectivity index (χ0) is 18.5. The molecule has 0 unspecified atom stereocenters. The number of rotatable bonds is 7. The molecule has 6 nitrogen and oxygen atoms in total. The Morgan fingerprint density at radius 3 is 2.54 bits per heavy atom. The van der Waals surface area contributed by atoms with Crippen molar-refractivity contribution < 1.29 is 19.2 Å². The van der Waals surface area contributed by atoms with Crippen LogP contribution in [-0.2, 0) is 22.4 Å². The highest BCUT2D eigenvalue weighted by Crippen LogP contribution is 2.23. The van der Waals surface area contributed by atoms with Gasteiger partial charge in [-0.05, 0) is 48.6 Å². The van der Waals surface area contributed by atoms with Crippen molar-refractivity contribution in [1.82, 2.24) is 0 Å². The number of nitro groups is 1. The van der Waals surface area contributed by atoms with Crippen LogP contribution < -0.4 is 0 Å².